The van der Waals surface area contributed by atoms with Crippen molar-refractivity contribution in [2.45, 2.75) is 0 Å². The molecule has 40 valence electrons. The maximum Gasteiger partial charge on any atom is 0.0798 e. The third-order valence-electron chi connectivity index (χ3n) is 0.683. The number of hydrogen-bond donors (Lipinski definition) is 0. The highest BCUT2D eigenvalue weighted by Crippen LogP contribution is 2.02. The summed E-state index contributed by atoms with van der Waals surface area (Å²) in [6.45, 7) is 0. The number of rotatable bonds is 0. The smallest absolute Gasteiger partial charge is 0.0798 e. The average Bonchev–Trinajstić information content (AvgIpc) is 2.14. The Morgan fingerprint density at radius 1 is 1.88 bits per heavy atom. The van der Waals surface area contributed by atoms with Crippen molar-refractivity contribution in [2.75, 3.05) is 0 Å². The van der Waals surface area contributed by atoms with E-state index in [1.54, 1.807) is 6.20 Å². The van der Waals surface area contributed by atoms with Gasteiger partial charge in [-0.15, -0.1) is 0 Å². The first-order valence-corrected chi connectivity index (χ1v) is 2.37. The number of halogens is 1. The molecule has 1 aromatic rings. The molecular weight excluding hydrogens is 124 g/mol. The van der Waals surface area contributed by atoms with Crippen LogP contribution in [0.15, 0.2) is 12.4 Å². The van der Waals surface area contributed by atoms with E-state index in [1.807, 2.05) is 0 Å². The van der Waals surface area contributed by atoms with Gasteiger partial charge in [0.15, 0.2) is 0 Å². The van der Waals surface area contributed by atoms with Gasteiger partial charge in [0.1, 0.15) is 0 Å². The average molecular weight is 127 g/mol. The fourth-order valence-corrected chi connectivity index (χ4v) is 0.508. The second-order valence-electron chi connectivity index (χ2n) is 1.23. The fraction of sp³-hybridized carbons (Fsp3) is 0. The van der Waals surface area contributed by atoms with Gasteiger partial charge >= 0.3 is 0 Å². The first kappa shape index (κ1) is 5.20. The molecule has 0 aromatic carbocycles. The molecule has 0 bridgehead atoms. The molecule has 8 heavy (non-hydrogen) atoms. The summed E-state index contributed by atoms with van der Waals surface area (Å²) in [6.07, 6.45) is 8.00. The predicted octanol–water partition coefficient (Wildman–Crippen LogP) is 0.975. The highest BCUT2D eigenvalue weighted by atomic mass is 35.5. The Morgan fingerprint density at radius 3 is 2.88 bits per heavy atom. The molecule has 0 saturated heterocycles. The first-order chi connectivity index (χ1) is 3.83. The molecular formula is C5H3ClN2. The molecule has 0 spiro atoms. The number of aromatic nitrogens is 2. The largest absolute Gasteiger partial charge is 0.196 e. The van der Waals surface area contributed by atoms with Gasteiger partial charge < -0.3 is 0 Å². The van der Waals surface area contributed by atoms with Crippen molar-refractivity contribution in [3.05, 3.63) is 17.4 Å². The van der Waals surface area contributed by atoms with E-state index in [-0.39, 0.29) is 0 Å². The summed E-state index contributed by atoms with van der Waals surface area (Å²) in [5, 5.41) is 4.24. The minimum atomic E-state index is 0.558. The Balaban J connectivity index is 3.05. The van der Waals surface area contributed by atoms with Crippen LogP contribution in [-0.2, 0) is 0 Å². The molecule has 0 fully saturated rings. The van der Waals surface area contributed by atoms with Gasteiger partial charge in [0.2, 0.25) is 0 Å². The summed E-state index contributed by atoms with van der Waals surface area (Å²) in [5.74, 6) is 0. The number of terminal acetylenes is 1. The van der Waals surface area contributed by atoms with Crippen LogP contribution in [0.25, 0.3) is 0 Å². The Kier molecular flexibility index (Phi) is 1.23. The fourth-order valence-electron chi connectivity index (χ4n) is 0.371. The van der Waals surface area contributed by atoms with Crippen molar-refractivity contribution in [2.24, 2.45) is 0 Å². The van der Waals surface area contributed by atoms with Gasteiger partial charge in [0.05, 0.1) is 17.4 Å². The molecule has 1 heterocycles. The second kappa shape index (κ2) is 1.89. The molecule has 0 amide bonds. The SMILES string of the molecule is C#Cn1cc(Cl)cn1. The minimum Gasteiger partial charge on any atom is -0.196 e. The van der Waals surface area contributed by atoms with Crippen molar-refractivity contribution in [1.29, 1.82) is 0 Å². The lowest BCUT2D eigenvalue weighted by molar-refractivity contribution is 0.918. The molecule has 1 aromatic heterocycles. The van der Waals surface area contributed by atoms with E-state index in [4.69, 9.17) is 18.0 Å². The summed E-state index contributed by atoms with van der Waals surface area (Å²) in [5.41, 5.74) is 0. The maximum absolute atomic E-state index is 5.46. The molecule has 0 saturated carbocycles. The Bertz CT molecular complexity index is 221. The lowest BCUT2D eigenvalue weighted by atomic mass is 10.7. The predicted molar refractivity (Wildman–Crippen MR) is 31.5 cm³/mol. The lowest BCUT2D eigenvalue weighted by Crippen LogP contribution is -1.84. The van der Waals surface area contributed by atoms with E-state index in [9.17, 15) is 0 Å². The van der Waals surface area contributed by atoms with Gasteiger partial charge in [-0.1, -0.05) is 18.0 Å². The third-order valence-corrected chi connectivity index (χ3v) is 0.879. The quantitative estimate of drug-likeness (QED) is 0.474. The van der Waals surface area contributed by atoms with Crippen molar-refractivity contribution in [1.82, 2.24) is 9.78 Å². The van der Waals surface area contributed by atoms with Gasteiger partial charge in [0.25, 0.3) is 0 Å². The molecule has 0 N–H and O–H groups in total. The molecule has 0 unspecified atom stereocenters. The van der Waals surface area contributed by atoms with E-state index in [0.717, 1.165) is 0 Å². The van der Waals surface area contributed by atoms with Crippen molar-refractivity contribution in [3.63, 3.8) is 0 Å². The zero-order valence-corrected chi connectivity index (χ0v) is 4.76. The maximum atomic E-state index is 5.46. The van der Waals surface area contributed by atoms with Gasteiger partial charge in [0, 0.05) is 6.04 Å². The van der Waals surface area contributed by atoms with Crippen LogP contribution in [0.5, 0.6) is 0 Å². The van der Waals surface area contributed by atoms with Crippen LogP contribution in [0, 0.1) is 12.5 Å². The zero-order chi connectivity index (χ0) is 5.98. The molecule has 3 heteroatoms. The van der Waals surface area contributed by atoms with Crippen LogP contribution in [-0.4, -0.2) is 9.78 Å². The van der Waals surface area contributed by atoms with Crippen molar-refractivity contribution >= 4 is 11.6 Å². The zero-order valence-electron chi connectivity index (χ0n) is 4.00. The third kappa shape index (κ3) is 0.824. The summed E-state index contributed by atoms with van der Waals surface area (Å²) in [4.78, 5) is 0. The monoisotopic (exact) mass is 126 g/mol. The highest BCUT2D eigenvalue weighted by molar-refractivity contribution is 6.30. The molecule has 0 aliphatic heterocycles. The van der Waals surface area contributed by atoms with E-state index in [2.05, 4.69) is 11.1 Å². The van der Waals surface area contributed by atoms with E-state index < -0.39 is 0 Å². The number of nitrogens with zero attached hydrogens (tertiary/aromatic N) is 2. The van der Waals surface area contributed by atoms with Crippen molar-refractivity contribution < 1.29 is 0 Å². The summed E-state index contributed by atoms with van der Waals surface area (Å²) >= 11 is 5.46. The Labute approximate surface area is 52.1 Å². The van der Waals surface area contributed by atoms with Crippen molar-refractivity contribution in [3.8, 4) is 12.5 Å². The summed E-state index contributed by atoms with van der Waals surface area (Å²) in [7, 11) is 0. The van der Waals surface area contributed by atoms with Gasteiger partial charge in [-0.05, 0) is 0 Å². The molecule has 0 atom stereocenters. The van der Waals surface area contributed by atoms with Crippen LogP contribution in [0.2, 0.25) is 5.02 Å². The molecule has 0 aliphatic rings. The van der Waals surface area contributed by atoms with Crippen LogP contribution in [0.3, 0.4) is 0 Å². The highest BCUT2D eigenvalue weighted by Gasteiger charge is 1.87. The molecule has 1 rings (SSSR count). The van der Waals surface area contributed by atoms with Crippen LogP contribution >= 0.6 is 11.6 Å². The molecule has 2 nitrogen and oxygen atoms in total. The van der Waals surface area contributed by atoms with E-state index >= 15 is 0 Å². The standard InChI is InChI=1S/C5H3ClN2/c1-2-8-4-5(6)3-7-8/h1,3-4H. The van der Waals surface area contributed by atoms with Crippen LogP contribution in [0.4, 0.5) is 0 Å². The Morgan fingerprint density at radius 2 is 2.62 bits per heavy atom. The van der Waals surface area contributed by atoms with Gasteiger partial charge in [-0.2, -0.15) is 9.78 Å². The normalized spacial score (nSPS) is 8.50. The van der Waals surface area contributed by atoms with E-state index in [1.165, 1.54) is 10.9 Å². The lowest BCUT2D eigenvalue weighted by Gasteiger charge is -1.76. The molecule has 0 radical (unpaired) electrons. The van der Waals surface area contributed by atoms with E-state index in [0.29, 0.717) is 5.02 Å². The van der Waals surface area contributed by atoms with Gasteiger partial charge in [-0.25, -0.2) is 0 Å². The first-order valence-electron chi connectivity index (χ1n) is 2.00. The minimum absolute atomic E-state index is 0.558. The molecule has 0 aliphatic carbocycles. The van der Waals surface area contributed by atoms with Crippen LogP contribution < -0.4 is 0 Å². The Hall–Kier alpha value is -0.940. The van der Waals surface area contributed by atoms with Crippen LogP contribution in [0.1, 0.15) is 0 Å². The number of hydrogen-bond acceptors (Lipinski definition) is 1. The topological polar surface area (TPSA) is 17.8 Å². The van der Waals surface area contributed by atoms with Gasteiger partial charge in [-0.3, -0.25) is 0 Å². The summed E-state index contributed by atoms with van der Waals surface area (Å²) in [6, 6.07) is 2.27. The summed E-state index contributed by atoms with van der Waals surface area (Å²) < 4.78 is 1.31. The second-order valence-corrected chi connectivity index (χ2v) is 1.67.